The summed E-state index contributed by atoms with van der Waals surface area (Å²) in [4.78, 5) is 12.4. The van der Waals surface area contributed by atoms with Crippen molar-refractivity contribution in [1.82, 2.24) is 5.43 Å². The SMILES string of the molecule is O=C(CN(c1cccc(C(F)(F)F)c1)S(=O)(=O)c1ccccc1)N/N=C\c1ccc2c(c1)OCO2. The third-order valence-electron chi connectivity index (χ3n) is 4.88. The van der Waals surface area contributed by atoms with Crippen LogP contribution in [0.15, 0.2) is 82.8 Å². The summed E-state index contributed by atoms with van der Waals surface area (Å²) in [6.45, 7) is -0.717. The van der Waals surface area contributed by atoms with Crippen LogP contribution in [0.1, 0.15) is 11.1 Å². The van der Waals surface area contributed by atoms with Crippen molar-refractivity contribution >= 4 is 27.8 Å². The molecular formula is C23H18F3N3O5S. The summed E-state index contributed by atoms with van der Waals surface area (Å²) >= 11 is 0. The number of carbonyl (C=O) groups excluding carboxylic acids is 1. The number of hydrazone groups is 1. The van der Waals surface area contributed by atoms with Crippen molar-refractivity contribution in [3.05, 3.63) is 83.9 Å². The molecule has 0 saturated heterocycles. The molecule has 0 saturated carbocycles. The molecule has 3 aromatic carbocycles. The summed E-state index contributed by atoms with van der Waals surface area (Å²) in [5.74, 6) is 0.206. The highest BCUT2D eigenvalue weighted by atomic mass is 32.2. The van der Waals surface area contributed by atoms with Gasteiger partial charge in [-0.05, 0) is 54.1 Å². The maximum absolute atomic E-state index is 13.2. The first kappa shape index (κ1) is 24.1. The molecule has 0 aromatic heterocycles. The molecule has 0 atom stereocenters. The Morgan fingerprint density at radius 2 is 1.74 bits per heavy atom. The number of hydrogen-bond donors (Lipinski definition) is 1. The van der Waals surface area contributed by atoms with Crippen LogP contribution in [0.2, 0.25) is 0 Å². The van der Waals surface area contributed by atoms with Crippen molar-refractivity contribution in [3.8, 4) is 11.5 Å². The zero-order valence-corrected chi connectivity index (χ0v) is 18.7. The highest BCUT2D eigenvalue weighted by molar-refractivity contribution is 7.92. The van der Waals surface area contributed by atoms with Gasteiger partial charge in [-0.25, -0.2) is 13.8 Å². The Bertz CT molecular complexity index is 1360. The summed E-state index contributed by atoms with van der Waals surface area (Å²) in [5.41, 5.74) is 1.40. The van der Waals surface area contributed by atoms with E-state index in [-0.39, 0.29) is 17.4 Å². The van der Waals surface area contributed by atoms with E-state index in [0.717, 1.165) is 12.1 Å². The molecule has 0 fully saturated rings. The third kappa shape index (κ3) is 5.54. The van der Waals surface area contributed by atoms with Crippen LogP contribution in [0.3, 0.4) is 0 Å². The van der Waals surface area contributed by atoms with Crippen LogP contribution in [0.25, 0.3) is 0 Å². The van der Waals surface area contributed by atoms with Crippen LogP contribution in [-0.2, 0) is 21.0 Å². The second-order valence-corrected chi connectivity index (χ2v) is 9.14. The summed E-state index contributed by atoms with van der Waals surface area (Å²) in [5, 5.41) is 3.80. The summed E-state index contributed by atoms with van der Waals surface area (Å²) in [6.07, 6.45) is -3.39. The molecule has 1 aliphatic rings. The second-order valence-electron chi connectivity index (χ2n) is 7.28. The van der Waals surface area contributed by atoms with Crippen molar-refractivity contribution in [2.75, 3.05) is 17.6 Å². The number of nitrogens with one attached hydrogen (secondary N) is 1. The number of amides is 1. The number of hydrogen-bond acceptors (Lipinski definition) is 6. The Balaban J connectivity index is 1.57. The molecule has 0 unspecified atom stereocenters. The lowest BCUT2D eigenvalue weighted by molar-refractivity contribution is -0.137. The van der Waals surface area contributed by atoms with Gasteiger partial charge in [0.2, 0.25) is 6.79 Å². The van der Waals surface area contributed by atoms with Gasteiger partial charge in [-0.3, -0.25) is 9.10 Å². The number of ether oxygens (including phenoxy) is 2. The van der Waals surface area contributed by atoms with Gasteiger partial charge in [-0.2, -0.15) is 18.3 Å². The van der Waals surface area contributed by atoms with Gasteiger partial charge >= 0.3 is 6.18 Å². The van der Waals surface area contributed by atoms with Crippen LogP contribution in [0, 0.1) is 0 Å². The molecule has 8 nitrogen and oxygen atoms in total. The first-order valence-corrected chi connectivity index (χ1v) is 11.6. The van der Waals surface area contributed by atoms with E-state index in [1.807, 2.05) is 0 Å². The topological polar surface area (TPSA) is 97.3 Å². The van der Waals surface area contributed by atoms with E-state index < -0.39 is 34.2 Å². The zero-order valence-electron chi connectivity index (χ0n) is 17.9. The molecule has 3 aromatic rings. The van der Waals surface area contributed by atoms with E-state index in [2.05, 4.69) is 10.5 Å². The molecule has 1 heterocycles. The van der Waals surface area contributed by atoms with Crippen molar-refractivity contribution < 1.29 is 35.9 Å². The number of benzene rings is 3. The van der Waals surface area contributed by atoms with Crippen LogP contribution < -0.4 is 19.2 Å². The minimum atomic E-state index is -4.70. The fourth-order valence-corrected chi connectivity index (χ4v) is 4.64. The molecule has 1 aliphatic heterocycles. The number of alkyl halides is 3. The minimum Gasteiger partial charge on any atom is -0.454 e. The predicted octanol–water partition coefficient (Wildman–Crippen LogP) is 3.78. The number of sulfonamides is 1. The van der Waals surface area contributed by atoms with Crippen molar-refractivity contribution in [3.63, 3.8) is 0 Å². The van der Waals surface area contributed by atoms with E-state index in [1.165, 1.54) is 36.5 Å². The summed E-state index contributed by atoms with van der Waals surface area (Å²) < 4.78 is 77.3. The zero-order chi connectivity index (χ0) is 25.1. The van der Waals surface area contributed by atoms with Gasteiger partial charge in [0.05, 0.1) is 22.4 Å². The standard InChI is InChI=1S/C23H18F3N3O5S/c24-23(25,26)17-5-4-6-18(12-17)29(35(31,32)19-7-2-1-3-8-19)14-22(30)28-27-13-16-9-10-20-21(11-16)34-15-33-20/h1-13H,14-15H2,(H,28,30)/b27-13-. The van der Waals surface area contributed by atoms with Gasteiger partial charge in [0.15, 0.2) is 11.5 Å². The van der Waals surface area contributed by atoms with Gasteiger partial charge in [0.25, 0.3) is 15.9 Å². The highest BCUT2D eigenvalue weighted by Crippen LogP contribution is 2.33. The molecule has 4 rings (SSSR count). The van der Waals surface area contributed by atoms with Gasteiger partial charge in [0, 0.05) is 0 Å². The normalized spacial score (nSPS) is 13.1. The Labute approximate surface area is 198 Å². The number of rotatable bonds is 7. The lowest BCUT2D eigenvalue weighted by Gasteiger charge is -2.24. The van der Waals surface area contributed by atoms with E-state index in [4.69, 9.17) is 9.47 Å². The largest absolute Gasteiger partial charge is 0.454 e. The molecule has 1 amide bonds. The maximum Gasteiger partial charge on any atom is 0.416 e. The van der Waals surface area contributed by atoms with Gasteiger partial charge in [0.1, 0.15) is 6.54 Å². The monoisotopic (exact) mass is 505 g/mol. The second kappa shape index (κ2) is 9.66. The van der Waals surface area contributed by atoms with E-state index >= 15 is 0 Å². The molecule has 0 bridgehead atoms. The van der Waals surface area contributed by atoms with Crippen molar-refractivity contribution in [2.45, 2.75) is 11.1 Å². The Kier molecular flexibility index (Phi) is 6.65. The molecule has 1 N–H and O–H groups in total. The van der Waals surface area contributed by atoms with Gasteiger partial charge in [-0.15, -0.1) is 0 Å². The van der Waals surface area contributed by atoms with Crippen molar-refractivity contribution in [1.29, 1.82) is 0 Å². The molecule has 182 valence electrons. The van der Waals surface area contributed by atoms with Crippen molar-refractivity contribution in [2.24, 2.45) is 5.10 Å². The number of fused-ring (bicyclic) bond motifs is 1. The first-order chi connectivity index (χ1) is 16.6. The molecular weight excluding hydrogens is 487 g/mol. The Morgan fingerprint density at radius 3 is 2.49 bits per heavy atom. The molecule has 0 radical (unpaired) electrons. The number of halogens is 3. The summed E-state index contributed by atoms with van der Waals surface area (Å²) in [7, 11) is -4.37. The van der Waals surface area contributed by atoms with E-state index in [1.54, 1.807) is 24.3 Å². The van der Waals surface area contributed by atoms with E-state index in [9.17, 15) is 26.4 Å². The number of carbonyl (C=O) groups is 1. The quantitative estimate of drug-likeness (QED) is 0.390. The molecule has 0 spiro atoms. The Morgan fingerprint density at radius 1 is 1.00 bits per heavy atom. The van der Waals surface area contributed by atoms with Crippen LogP contribution in [0.4, 0.5) is 18.9 Å². The summed E-state index contributed by atoms with van der Waals surface area (Å²) in [6, 6.07) is 15.8. The third-order valence-corrected chi connectivity index (χ3v) is 6.67. The fourth-order valence-electron chi connectivity index (χ4n) is 3.21. The minimum absolute atomic E-state index is 0.0912. The average molecular weight is 505 g/mol. The molecule has 35 heavy (non-hydrogen) atoms. The molecule has 12 heteroatoms. The van der Waals surface area contributed by atoms with Gasteiger partial charge in [-0.1, -0.05) is 24.3 Å². The number of anilines is 1. The first-order valence-electron chi connectivity index (χ1n) is 10.1. The average Bonchev–Trinajstić information content (AvgIpc) is 3.30. The smallest absolute Gasteiger partial charge is 0.416 e. The molecule has 0 aliphatic carbocycles. The van der Waals surface area contributed by atoms with E-state index in [0.29, 0.717) is 27.4 Å². The predicted molar refractivity (Wildman–Crippen MR) is 121 cm³/mol. The van der Waals surface area contributed by atoms with Crippen LogP contribution in [-0.4, -0.2) is 33.9 Å². The lowest BCUT2D eigenvalue weighted by Crippen LogP contribution is -2.39. The highest BCUT2D eigenvalue weighted by Gasteiger charge is 2.33. The Hall–Kier alpha value is -4.06. The van der Waals surface area contributed by atoms with Crippen LogP contribution >= 0.6 is 0 Å². The lowest BCUT2D eigenvalue weighted by atomic mass is 10.2. The van der Waals surface area contributed by atoms with Crippen LogP contribution in [0.5, 0.6) is 11.5 Å². The maximum atomic E-state index is 13.2. The number of nitrogens with zero attached hydrogens (tertiary/aromatic N) is 2. The van der Waals surface area contributed by atoms with Gasteiger partial charge < -0.3 is 9.47 Å². The fraction of sp³-hybridized carbons (Fsp3) is 0.130.